The number of carboxylic acids is 1. The van der Waals surface area contributed by atoms with Crippen LogP contribution in [-0.2, 0) is 25.6 Å². The molecule has 4 atom stereocenters. The molecule has 0 saturated heterocycles. The Morgan fingerprint density at radius 1 is 0.944 bits per heavy atom. The molecule has 4 unspecified atom stereocenters. The van der Waals surface area contributed by atoms with Gasteiger partial charge in [0.25, 0.3) is 0 Å². The van der Waals surface area contributed by atoms with E-state index in [1.165, 1.54) is 6.92 Å². The third kappa shape index (κ3) is 8.06. The molecule has 0 radical (unpaired) electrons. The van der Waals surface area contributed by atoms with Crippen LogP contribution < -0.4 is 27.4 Å². The number of rotatable bonds is 14. The van der Waals surface area contributed by atoms with Gasteiger partial charge in [0.1, 0.15) is 18.1 Å². The Labute approximate surface area is 210 Å². The van der Waals surface area contributed by atoms with Crippen LogP contribution in [0.25, 0.3) is 10.9 Å². The van der Waals surface area contributed by atoms with Crippen LogP contribution in [0.2, 0.25) is 0 Å². The normalized spacial score (nSPS) is 14.6. The maximum Gasteiger partial charge on any atom is 0.326 e. The smallest absolute Gasteiger partial charge is 0.326 e. The number of nitrogens with one attached hydrogen (secondary N) is 4. The van der Waals surface area contributed by atoms with Gasteiger partial charge in [0.15, 0.2) is 0 Å². The topological polar surface area (TPSA) is 192 Å². The van der Waals surface area contributed by atoms with Gasteiger partial charge in [-0.25, -0.2) is 4.79 Å². The minimum atomic E-state index is -1.16. The number of carboxylic acid groups (broad SMARTS) is 1. The predicted molar refractivity (Wildman–Crippen MR) is 137 cm³/mol. The van der Waals surface area contributed by atoms with Crippen LogP contribution in [0.4, 0.5) is 0 Å². The fourth-order valence-electron chi connectivity index (χ4n) is 3.83. The van der Waals surface area contributed by atoms with Crippen molar-refractivity contribution < 1.29 is 24.3 Å². The number of aromatic amines is 1. The average Bonchev–Trinajstić information content (AvgIpc) is 3.23. The van der Waals surface area contributed by atoms with E-state index >= 15 is 0 Å². The monoisotopic (exact) mass is 502 g/mol. The molecular formula is C25H38N6O5. The first-order valence-corrected chi connectivity index (χ1v) is 12.2. The van der Waals surface area contributed by atoms with Gasteiger partial charge in [0, 0.05) is 23.5 Å². The van der Waals surface area contributed by atoms with Crippen molar-refractivity contribution in [2.75, 3.05) is 6.54 Å². The lowest BCUT2D eigenvalue weighted by Crippen LogP contribution is -2.57. The maximum atomic E-state index is 13.4. The molecule has 0 aliphatic heterocycles. The van der Waals surface area contributed by atoms with Crippen molar-refractivity contribution in [3.05, 3.63) is 36.0 Å². The van der Waals surface area contributed by atoms with E-state index in [9.17, 15) is 24.3 Å². The number of nitrogens with two attached hydrogens (primary N) is 2. The number of carbonyl (C=O) groups excluding carboxylic acids is 3. The first-order chi connectivity index (χ1) is 17.0. The molecule has 0 aliphatic rings. The van der Waals surface area contributed by atoms with Gasteiger partial charge in [-0.05, 0) is 50.3 Å². The SMILES string of the molecule is CC(N)C(=O)NC(Cc1c[nH]c2ccccc12)C(=O)NC(CCCCN)C(=O)NC(C(=O)O)C(C)C. The molecule has 2 rings (SSSR count). The van der Waals surface area contributed by atoms with Crippen molar-refractivity contribution in [3.63, 3.8) is 0 Å². The number of unbranched alkanes of at least 4 members (excludes halogenated alkanes) is 1. The lowest BCUT2D eigenvalue weighted by molar-refractivity contribution is -0.143. The number of aromatic nitrogens is 1. The molecule has 1 aromatic carbocycles. The van der Waals surface area contributed by atoms with Crippen LogP contribution in [0.1, 0.15) is 45.6 Å². The van der Waals surface area contributed by atoms with E-state index in [0.29, 0.717) is 19.4 Å². The molecule has 0 bridgehead atoms. The van der Waals surface area contributed by atoms with E-state index in [1.54, 1.807) is 20.0 Å². The number of H-pyrrole nitrogens is 1. The Hall–Kier alpha value is -3.44. The maximum absolute atomic E-state index is 13.4. The van der Waals surface area contributed by atoms with Crippen molar-refractivity contribution in [1.29, 1.82) is 0 Å². The van der Waals surface area contributed by atoms with Gasteiger partial charge < -0.3 is 37.5 Å². The van der Waals surface area contributed by atoms with Crippen LogP contribution in [0.3, 0.4) is 0 Å². The van der Waals surface area contributed by atoms with Gasteiger partial charge in [-0.2, -0.15) is 0 Å². The molecule has 36 heavy (non-hydrogen) atoms. The summed E-state index contributed by atoms with van der Waals surface area (Å²) in [6.07, 6.45) is 3.38. The highest BCUT2D eigenvalue weighted by Crippen LogP contribution is 2.19. The number of benzene rings is 1. The average molecular weight is 503 g/mol. The molecule has 1 aromatic heterocycles. The number of fused-ring (bicyclic) bond motifs is 1. The zero-order valence-electron chi connectivity index (χ0n) is 21.0. The van der Waals surface area contributed by atoms with Crippen molar-refractivity contribution >= 4 is 34.6 Å². The molecule has 0 saturated carbocycles. The summed E-state index contributed by atoms with van der Waals surface area (Å²) in [5.41, 5.74) is 13.0. The first-order valence-electron chi connectivity index (χ1n) is 12.2. The number of hydrogen-bond donors (Lipinski definition) is 7. The molecular weight excluding hydrogens is 464 g/mol. The summed E-state index contributed by atoms with van der Waals surface area (Å²) in [6.45, 7) is 5.29. The van der Waals surface area contributed by atoms with Crippen LogP contribution in [-0.4, -0.2) is 64.5 Å². The molecule has 1 heterocycles. The van der Waals surface area contributed by atoms with Crippen molar-refractivity contribution in [2.24, 2.45) is 17.4 Å². The summed E-state index contributed by atoms with van der Waals surface area (Å²) < 4.78 is 0. The van der Waals surface area contributed by atoms with Gasteiger partial charge >= 0.3 is 5.97 Å². The van der Waals surface area contributed by atoms with E-state index in [1.807, 2.05) is 24.3 Å². The molecule has 9 N–H and O–H groups in total. The van der Waals surface area contributed by atoms with Gasteiger partial charge in [0.05, 0.1) is 6.04 Å². The highest BCUT2D eigenvalue weighted by Gasteiger charge is 2.31. The van der Waals surface area contributed by atoms with Gasteiger partial charge in [-0.15, -0.1) is 0 Å². The second-order valence-corrected chi connectivity index (χ2v) is 9.33. The summed E-state index contributed by atoms with van der Waals surface area (Å²) in [5, 5.41) is 18.3. The molecule has 2 aromatic rings. The Balaban J connectivity index is 2.26. The number of hydrogen-bond acceptors (Lipinski definition) is 6. The number of aliphatic carboxylic acids is 1. The molecule has 0 spiro atoms. The third-order valence-electron chi connectivity index (χ3n) is 5.96. The Morgan fingerprint density at radius 2 is 1.58 bits per heavy atom. The Kier molecular flexibility index (Phi) is 10.9. The highest BCUT2D eigenvalue weighted by atomic mass is 16.4. The van der Waals surface area contributed by atoms with E-state index in [0.717, 1.165) is 16.5 Å². The number of para-hydroxylation sites is 1. The van der Waals surface area contributed by atoms with Gasteiger partial charge in [-0.1, -0.05) is 32.0 Å². The standard InChI is InChI=1S/C25H38N6O5/c1-14(2)21(25(35)36)31-23(33)19(10-6-7-11-26)29-24(34)20(30-22(32)15(3)27)12-16-13-28-18-9-5-4-8-17(16)18/h4-5,8-9,13-15,19-21,28H,6-7,10-12,26-27H2,1-3H3,(H,29,34)(H,30,32)(H,31,33)(H,35,36). The predicted octanol–water partition coefficient (Wildman–Crippen LogP) is 0.382. The lowest BCUT2D eigenvalue weighted by Gasteiger charge is -2.26. The highest BCUT2D eigenvalue weighted by molar-refractivity contribution is 5.94. The summed E-state index contributed by atoms with van der Waals surface area (Å²) >= 11 is 0. The van der Waals surface area contributed by atoms with Crippen molar-refractivity contribution in [1.82, 2.24) is 20.9 Å². The fraction of sp³-hybridized carbons (Fsp3) is 0.520. The fourth-order valence-corrected chi connectivity index (χ4v) is 3.83. The van der Waals surface area contributed by atoms with Crippen LogP contribution in [0.15, 0.2) is 30.5 Å². The Bertz CT molecular complexity index is 1050. The Morgan fingerprint density at radius 3 is 2.19 bits per heavy atom. The van der Waals surface area contributed by atoms with Gasteiger partial charge in [0.2, 0.25) is 17.7 Å². The number of amides is 3. The largest absolute Gasteiger partial charge is 0.480 e. The van der Waals surface area contributed by atoms with Crippen LogP contribution >= 0.6 is 0 Å². The van der Waals surface area contributed by atoms with E-state index in [-0.39, 0.29) is 18.8 Å². The minimum absolute atomic E-state index is 0.162. The van der Waals surface area contributed by atoms with Gasteiger partial charge in [-0.3, -0.25) is 14.4 Å². The first kappa shape index (κ1) is 28.8. The zero-order valence-corrected chi connectivity index (χ0v) is 21.0. The summed E-state index contributed by atoms with van der Waals surface area (Å²) in [6, 6.07) is 3.62. The van der Waals surface area contributed by atoms with E-state index in [4.69, 9.17) is 11.5 Å². The molecule has 11 heteroatoms. The third-order valence-corrected chi connectivity index (χ3v) is 5.96. The molecule has 0 fully saturated rings. The molecule has 0 aliphatic carbocycles. The summed E-state index contributed by atoms with van der Waals surface area (Å²) in [5.74, 6) is -3.20. The zero-order chi connectivity index (χ0) is 26.8. The van der Waals surface area contributed by atoms with Crippen molar-refractivity contribution in [3.8, 4) is 0 Å². The van der Waals surface area contributed by atoms with Crippen LogP contribution in [0, 0.1) is 5.92 Å². The second kappa shape index (κ2) is 13.6. The molecule has 11 nitrogen and oxygen atoms in total. The molecule has 3 amide bonds. The van der Waals surface area contributed by atoms with Crippen molar-refractivity contribution in [2.45, 2.75) is 70.6 Å². The summed E-state index contributed by atoms with van der Waals surface area (Å²) in [4.78, 5) is 53.5. The lowest BCUT2D eigenvalue weighted by atomic mass is 10.0. The summed E-state index contributed by atoms with van der Waals surface area (Å²) in [7, 11) is 0. The molecule has 198 valence electrons. The minimum Gasteiger partial charge on any atom is -0.480 e. The van der Waals surface area contributed by atoms with E-state index < -0.39 is 47.9 Å². The second-order valence-electron chi connectivity index (χ2n) is 9.33. The number of carbonyl (C=O) groups is 4. The van der Waals surface area contributed by atoms with E-state index in [2.05, 4.69) is 20.9 Å². The van der Waals surface area contributed by atoms with Crippen LogP contribution in [0.5, 0.6) is 0 Å². The quantitative estimate of drug-likeness (QED) is 0.181.